The lowest BCUT2D eigenvalue weighted by molar-refractivity contribution is -0.138. The van der Waals surface area contributed by atoms with E-state index in [2.05, 4.69) is 30.5 Å². The van der Waals surface area contributed by atoms with Crippen LogP contribution in [0.5, 0.6) is 0 Å². The van der Waals surface area contributed by atoms with E-state index in [1.54, 1.807) is 35.3 Å². The van der Waals surface area contributed by atoms with Crippen LogP contribution in [0, 0.1) is 6.92 Å². The van der Waals surface area contributed by atoms with Crippen LogP contribution < -0.4 is 15.8 Å². The maximum absolute atomic E-state index is 12.7. The molecule has 2 N–H and O–H groups in total. The van der Waals surface area contributed by atoms with Crippen LogP contribution in [0.25, 0.3) is 0 Å². The minimum Gasteiger partial charge on any atom is -0.379 e. The van der Waals surface area contributed by atoms with Crippen molar-refractivity contribution < 1.29 is 22.7 Å². The van der Waals surface area contributed by atoms with Crippen LogP contribution in [-0.4, -0.2) is 81.4 Å². The molecular weight excluding hydrogens is 517 g/mol. The molecule has 1 fully saturated rings. The van der Waals surface area contributed by atoms with Gasteiger partial charge in [0, 0.05) is 56.5 Å². The van der Waals surface area contributed by atoms with Gasteiger partial charge in [-0.15, -0.1) is 0 Å². The molecule has 0 saturated carbocycles. The number of carbonyl (C=O) groups excluding carboxylic acids is 1. The van der Waals surface area contributed by atoms with Crippen molar-refractivity contribution in [3.63, 3.8) is 0 Å². The van der Waals surface area contributed by atoms with Gasteiger partial charge in [0.15, 0.2) is 0 Å². The number of hydrogen-bond donors (Lipinski definition) is 2. The number of nitrogens with one attached hydrogen (secondary N) is 2. The summed E-state index contributed by atoms with van der Waals surface area (Å²) in [6.07, 6.45) is 2.81. The maximum Gasteiger partial charge on any atom is 0.419 e. The number of hydrogen-bond acceptors (Lipinski definition) is 9. The largest absolute Gasteiger partial charge is 0.419 e. The van der Waals surface area contributed by atoms with Gasteiger partial charge in [-0.25, -0.2) is 15.1 Å². The third kappa shape index (κ3) is 7.72. The molecule has 0 spiro atoms. The molecule has 14 heteroatoms. The average Bonchev–Trinajstić information content (AvgIpc) is 2.93. The Bertz CT molecular complexity index is 1280. The van der Waals surface area contributed by atoms with Crippen LogP contribution in [0.4, 0.5) is 24.8 Å². The van der Waals surface area contributed by atoms with Gasteiger partial charge in [0.25, 0.3) is 5.56 Å². The summed E-state index contributed by atoms with van der Waals surface area (Å²) in [5.41, 5.74) is 0.915. The molecule has 3 aromatic rings. The van der Waals surface area contributed by atoms with Crippen LogP contribution in [0.2, 0.25) is 0 Å². The van der Waals surface area contributed by atoms with E-state index in [1.807, 2.05) is 12.1 Å². The molecular formula is C25H29F3N8O3. The highest BCUT2D eigenvalue weighted by molar-refractivity contribution is 5.76. The van der Waals surface area contributed by atoms with Gasteiger partial charge in [0.05, 0.1) is 43.1 Å². The molecule has 1 amide bonds. The first-order chi connectivity index (χ1) is 18.7. The smallest absolute Gasteiger partial charge is 0.379 e. The monoisotopic (exact) mass is 546 g/mol. The molecule has 1 aliphatic heterocycles. The molecule has 0 radical (unpaired) electrons. The fraction of sp³-hybridized carbons (Fsp3) is 0.440. The Hall–Kier alpha value is -4.07. The number of rotatable bonds is 10. The van der Waals surface area contributed by atoms with Crippen molar-refractivity contribution in [2.45, 2.75) is 32.0 Å². The third-order valence-corrected chi connectivity index (χ3v) is 6.33. The summed E-state index contributed by atoms with van der Waals surface area (Å²) >= 11 is 0. The number of piperazine rings is 1. The first-order valence-corrected chi connectivity index (χ1v) is 12.4. The van der Waals surface area contributed by atoms with Crippen molar-refractivity contribution >= 4 is 17.5 Å². The molecule has 4 rings (SSSR count). The zero-order valence-electron chi connectivity index (χ0n) is 21.3. The summed E-state index contributed by atoms with van der Waals surface area (Å²) in [7, 11) is 0. The highest BCUT2D eigenvalue weighted by Crippen LogP contribution is 2.28. The number of carbonyl (C=O) groups is 1. The standard InChI is InChI=1S/C25H29F3N8O3/c1-17-21(15-32-34-23(17)38)33-20(11-18-3-2-5-29-12-18)16-39-10-4-22(37)35-6-8-36(9-7-35)24-30-13-19(14-31-24)25(26,27)28/h2-3,5,12-15,20H,4,6-11,16H2,1H3,(H2,33,34,38)/t20-/m0/s1. The third-order valence-electron chi connectivity index (χ3n) is 6.33. The predicted molar refractivity (Wildman–Crippen MR) is 136 cm³/mol. The Morgan fingerprint density at radius 3 is 2.56 bits per heavy atom. The minimum absolute atomic E-state index is 0.0746. The molecule has 11 nitrogen and oxygen atoms in total. The van der Waals surface area contributed by atoms with E-state index in [4.69, 9.17) is 4.74 Å². The highest BCUT2D eigenvalue weighted by atomic mass is 19.4. The van der Waals surface area contributed by atoms with E-state index in [-0.39, 0.29) is 43.1 Å². The van der Waals surface area contributed by atoms with Gasteiger partial charge < -0.3 is 19.9 Å². The number of alkyl halides is 3. The summed E-state index contributed by atoms with van der Waals surface area (Å²) in [6.45, 7) is 3.84. The minimum atomic E-state index is -4.49. The van der Waals surface area contributed by atoms with Crippen LogP contribution in [-0.2, 0) is 22.1 Å². The van der Waals surface area contributed by atoms with Gasteiger partial charge in [-0.2, -0.15) is 18.3 Å². The van der Waals surface area contributed by atoms with E-state index in [9.17, 15) is 22.8 Å². The Balaban J connectivity index is 1.24. The lowest BCUT2D eigenvalue weighted by Crippen LogP contribution is -2.49. The second-order valence-electron chi connectivity index (χ2n) is 9.11. The lowest BCUT2D eigenvalue weighted by atomic mass is 10.1. The van der Waals surface area contributed by atoms with Crippen LogP contribution in [0.3, 0.4) is 0 Å². The van der Waals surface area contributed by atoms with Gasteiger partial charge in [0.1, 0.15) is 0 Å². The van der Waals surface area contributed by atoms with E-state index in [0.717, 1.165) is 18.0 Å². The van der Waals surface area contributed by atoms with E-state index >= 15 is 0 Å². The Morgan fingerprint density at radius 2 is 1.90 bits per heavy atom. The zero-order valence-corrected chi connectivity index (χ0v) is 21.3. The van der Waals surface area contributed by atoms with Gasteiger partial charge in [-0.1, -0.05) is 6.07 Å². The quantitative estimate of drug-likeness (QED) is 0.367. The van der Waals surface area contributed by atoms with Crippen molar-refractivity contribution in [1.82, 2.24) is 30.0 Å². The van der Waals surface area contributed by atoms with Crippen LogP contribution in [0.15, 0.2) is 47.9 Å². The first kappa shape index (κ1) is 28.0. The van der Waals surface area contributed by atoms with Crippen molar-refractivity contribution in [2.75, 3.05) is 49.6 Å². The fourth-order valence-corrected chi connectivity index (χ4v) is 4.11. The molecule has 0 bridgehead atoms. The Labute approximate surface area is 222 Å². The van der Waals surface area contributed by atoms with Crippen molar-refractivity contribution in [2.24, 2.45) is 0 Å². The normalized spacial score (nSPS) is 14.8. The average molecular weight is 547 g/mol. The molecule has 1 saturated heterocycles. The number of halogens is 3. The van der Waals surface area contributed by atoms with Crippen molar-refractivity contribution in [3.8, 4) is 0 Å². The molecule has 4 heterocycles. The van der Waals surface area contributed by atoms with Crippen molar-refractivity contribution in [1.29, 1.82) is 0 Å². The molecule has 3 aromatic heterocycles. The number of anilines is 2. The second-order valence-corrected chi connectivity index (χ2v) is 9.11. The topological polar surface area (TPSA) is 129 Å². The summed E-state index contributed by atoms with van der Waals surface area (Å²) in [6, 6.07) is 3.60. The summed E-state index contributed by atoms with van der Waals surface area (Å²) in [4.78, 5) is 39.9. The number of aromatic amines is 1. The molecule has 1 atom stereocenters. The number of ether oxygens (including phenoxy) is 1. The van der Waals surface area contributed by atoms with Crippen molar-refractivity contribution in [3.05, 3.63) is 70.2 Å². The molecule has 208 valence electrons. The Kier molecular flexibility index (Phi) is 9.07. The summed E-state index contributed by atoms with van der Waals surface area (Å²) in [5.74, 6) is 0.130. The molecule has 1 aliphatic rings. The zero-order chi connectivity index (χ0) is 27.8. The summed E-state index contributed by atoms with van der Waals surface area (Å²) in [5, 5.41) is 9.56. The van der Waals surface area contributed by atoms with Gasteiger partial charge in [-0.05, 0) is 25.0 Å². The van der Waals surface area contributed by atoms with Gasteiger partial charge in [0.2, 0.25) is 11.9 Å². The molecule has 0 unspecified atom stereocenters. The molecule has 39 heavy (non-hydrogen) atoms. The van der Waals surface area contributed by atoms with E-state index < -0.39 is 11.7 Å². The van der Waals surface area contributed by atoms with Crippen LogP contribution in [0.1, 0.15) is 23.1 Å². The molecule has 0 aromatic carbocycles. The first-order valence-electron chi connectivity index (χ1n) is 12.4. The fourth-order valence-electron chi connectivity index (χ4n) is 4.11. The number of aromatic nitrogens is 5. The van der Waals surface area contributed by atoms with Crippen LogP contribution >= 0.6 is 0 Å². The predicted octanol–water partition coefficient (Wildman–Crippen LogP) is 2.06. The number of H-pyrrole nitrogens is 1. The SMILES string of the molecule is Cc1c(N[C@H](COCCC(=O)N2CCN(c3ncc(C(F)(F)F)cn3)CC2)Cc2cccnc2)cn[nH]c1=O. The van der Waals surface area contributed by atoms with Gasteiger partial charge >= 0.3 is 6.18 Å². The lowest BCUT2D eigenvalue weighted by Gasteiger charge is -2.34. The highest BCUT2D eigenvalue weighted by Gasteiger charge is 2.32. The number of pyridine rings is 1. The summed E-state index contributed by atoms with van der Waals surface area (Å²) < 4.78 is 44.0. The van der Waals surface area contributed by atoms with Gasteiger partial charge in [-0.3, -0.25) is 14.6 Å². The second kappa shape index (κ2) is 12.7. The number of nitrogens with zero attached hydrogens (tertiary/aromatic N) is 6. The molecule has 0 aliphatic carbocycles. The maximum atomic E-state index is 12.7. The number of amides is 1. The van der Waals surface area contributed by atoms with E-state index in [1.165, 1.54) is 0 Å². The van der Waals surface area contributed by atoms with E-state index in [0.29, 0.717) is 43.9 Å². The Morgan fingerprint density at radius 1 is 1.15 bits per heavy atom.